The standard InChI is InChI=1S/C22H32BFN2O5/c1-20(2,3)29-19(28)26-11-10-25(18(27)14-26)13-15-8-9-16(12-17(15)24)23-30-21(4,5)22(6,7)31-23/h8-9,12H,10-11,13-14H2,1-7H3. The third-order valence-electron chi connectivity index (χ3n) is 5.93. The average Bonchev–Trinajstić information content (AvgIpc) is 2.84. The maximum atomic E-state index is 14.8. The maximum absolute atomic E-state index is 14.8. The molecule has 2 saturated heterocycles. The van der Waals surface area contributed by atoms with E-state index in [0.29, 0.717) is 24.1 Å². The summed E-state index contributed by atoms with van der Waals surface area (Å²) in [5, 5.41) is 0. The van der Waals surface area contributed by atoms with E-state index in [4.69, 9.17) is 14.0 Å². The van der Waals surface area contributed by atoms with Gasteiger partial charge in [-0.2, -0.15) is 0 Å². The monoisotopic (exact) mass is 434 g/mol. The number of halogens is 1. The number of amides is 2. The van der Waals surface area contributed by atoms with Gasteiger partial charge in [0, 0.05) is 25.2 Å². The van der Waals surface area contributed by atoms with Crippen LogP contribution >= 0.6 is 0 Å². The van der Waals surface area contributed by atoms with Crippen molar-refractivity contribution in [2.24, 2.45) is 0 Å². The molecule has 2 aliphatic heterocycles. The zero-order valence-corrected chi connectivity index (χ0v) is 19.5. The predicted octanol–water partition coefficient (Wildman–Crippen LogP) is 2.70. The average molecular weight is 434 g/mol. The quantitative estimate of drug-likeness (QED) is 0.685. The van der Waals surface area contributed by atoms with Crippen LogP contribution in [0, 0.1) is 5.82 Å². The van der Waals surface area contributed by atoms with Crippen LogP contribution in [0.1, 0.15) is 54.0 Å². The maximum Gasteiger partial charge on any atom is 0.494 e. The lowest BCUT2D eigenvalue weighted by Gasteiger charge is -2.35. The Balaban J connectivity index is 1.63. The molecule has 2 amide bonds. The van der Waals surface area contributed by atoms with Crippen molar-refractivity contribution in [2.75, 3.05) is 19.6 Å². The van der Waals surface area contributed by atoms with Crippen molar-refractivity contribution in [2.45, 2.75) is 71.8 Å². The summed E-state index contributed by atoms with van der Waals surface area (Å²) in [7, 11) is -0.646. The zero-order valence-electron chi connectivity index (χ0n) is 19.5. The Bertz CT molecular complexity index is 852. The zero-order chi connectivity index (χ0) is 23.2. The van der Waals surface area contributed by atoms with Crippen LogP contribution in [0.2, 0.25) is 0 Å². The summed E-state index contributed by atoms with van der Waals surface area (Å²) in [6.07, 6.45) is -0.515. The normalized spacial score (nSPS) is 20.9. The fourth-order valence-corrected chi connectivity index (χ4v) is 3.38. The van der Waals surface area contributed by atoms with Crippen LogP contribution in [0.4, 0.5) is 9.18 Å². The van der Waals surface area contributed by atoms with Gasteiger partial charge >= 0.3 is 13.2 Å². The van der Waals surface area contributed by atoms with Crippen LogP contribution < -0.4 is 5.46 Å². The Kier molecular flexibility index (Phi) is 6.14. The van der Waals surface area contributed by atoms with Crippen LogP contribution in [-0.4, -0.2) is 65.4 Å². The first kappa shape index (κ1) is 23.5. The molecule has 0 N–H and O–H groups in total. The molecule has 0 aromatic heterocycles. The summed E-state index contributed by atoms with van der Waals surface area (Å²) in [5.74, 6) is -0.666. The van der Waals surface area contributed by atoms with Crippen LogP contribution in [0.25, 0.3) is 0 Å². The van der Waals surface area contributed by atoms with E-state index in [1.807, 2.05) is 27.7 Å². The van der Waals surface area contributed by atoms with Gasteiger partial charge in [-0.05, 0) is 60.0 Å². The highest BCUT2D eigenvalue weighted by atomic mass is 19.1. The molecule has 2 aliphatic rings. The number of benzene rings is 1. The molecular formula is C22H32BFN2O5. The van der Waals surface area contributed by atoms with E-state index in [2.05, 4.69) is 0 Å². The summed E-state index contributed by atoms with van der Waals surface area (Å²) in [6.45, 7) is 13.8. The fraction of sp³-hybridized carbons (Fsp3) is 0.636. The molecule has 0 spiro atoms. The first-order valence-corrected chi connectivity index (χ1v) is 10.6. The van der Waals surface area contributed by atoms with Gasteiger partial charge in [0.2, 0.25) is 5.91 Å². The predicted molar refractivity (Wildman–Crippen MR) is 115 cm³/mol. The Morgan fingerprint density at radius 1 is 1.16 bits per heavy atom. The summed E-state index contributed by atoms with van der Waals surface area (Å²) in [4.78, 5) is 27.6. The van der Waals surface area contributed by atoms with Crippen LogP contribution in [0.5, 0.6) is 0 Å². The molecule has 170 valence electrons. The molecular weight excluding hydrogens is 402 g/mol. The molecule has 3 rings (SSSR count). The summed E-state index contributed by atoms with van der Waals surface area (Å²) in [6, 6.07) is 4.82. The van der Waals surface area contributed by atoms with Crippen LogP contribution in [0.15, 0.2) is 18.2 Å². The molecule has 0 atom stereocenters. The van der Waals surface area contributed by atoms with Gasteiger partial charge in [-0.25, -0.2) is 9.18 Å². The van der Waals surface area contributed by atoms with E-state index in [1.54, 1.807) is 37.8 Å². The molecule has 1 aromatic rings. The van der Waals surface area contributed by atoms with E-state index >= 15 is 0 Å². The van der Waals surface area contributed by atoms with Gasteiger partial charge in [0.1, 0.15) is 18.0 Å². The molecule has 31 heavy (non-hydrogen) atoms. The van der Waals surface area contributed by atoms with Gasteiger partial charge < -0.3 is 18.9 Å². The van der Waals surface area contributed by atoms with Gasteiger partial charge in [-0.3, -0.25) is 9.69 Å². The van der Waals surface area contributed by atoms with Gasteiger partial charge in [-0.1, -0.05) is 12.1 Å². The van der Waals surface area contributed by atoms with Gasteiger partial charge in [0.25, 0.3) is 0 Å². The van der Waals surface area contributed by atoms with Crippen molar-refractivity contribution < 1.29 is 28.0 Å². The highest BCUT2D eigenvalue weighted by Crippen LogP contribution is 2.36. The second kappa shape index (κ2) is 8.09. The molecule has 0 bridgehead atoms. The van der Waals surface area contributed by atoms with Gasteiger partial charge in [-0.15, -0.1) is 0 Å². The van der Waals surface area contributed by atoms with E-state index in [0.717, 1.165) is 0 Å². The minimum Gasteiger partial charge on any atom is -0.444 e. The van der Waals surface area contributed by atoms with E-state index in [-0.39, 0.29) is 19.0 Å². The lowest BCUT2D eigenvalue weighted by Crippen LogP contribution is -2.52. The Hall–Kier alpha value is -2.13. The summed E-state index contributed by atoms with van der Waals surface area (Å²) < 4.78 is 32.1. The second-order valence-electron chi connectivity index (χ2n) is 10.2. The number of carbonyl (C=O) groups excluding carboxylic acids is 2. The lowest BCUT2D eigenvalue weighted by atomic mass is 9.78. The number of ether oxygens (including phenoxy) is 1. The molecule has 0 radical (unpaired) electrons. The van der Waals surface area contributed by atoms with Crippen LogP contribution in [0.3, 0.4) is 0 Å². The minimum atomic E-state index is -0.646. The fourth-order valence-electron chi connectivity index (χ4n) is 3.38. The third-order valence-corrected chi connectivity index (χ3v) is 5.93. The SMILES string of the molecule is CC(C)(C)OC(=O)N1CCN(Cc2ccc(B3OC(C)(C)C(C)(C)O3)cc2F)C(=O)C1. The van der Waals surface area contributed by atoms with Crippen molar-refractivity contribution in [3.05, 3.63) is 29.6 Å². The number of nitrogens with zero attached hydrogens (tertiary/aromatic N) is 2. The number of piperazine rings is 1. The minimum absolute atomic E-state index is 0.0808. The molecule has 0 saturated carbocycles. The molecule has 0 unspecified atom stereocenters. The highest BCUT2D eigenvalue weighted by molar-refractivity contribution is 6.62. The van der Waals surface area contributed by atoms with Crippen LogP contribution in [-0.2, 0) is 25.4 Å². The number of hydrogen-bond donors (Lipinski definition) is 0. The number of hydrogen-bond acceptors (Lipinski definition) is 5. The van der Waals surface area contributed by atoms with E-state index < -0.39 is 35.8 Å². The first-order chi connectivity index (χ1) is 14.2. The van der Waals surface area contributed by atoms with Crippen molar-refractivity contribution in [3.8, 4) is 0 Å². The molecule has 2 fully saturated rings. The smallest absolute Gasteiger partial charge is 0.444 e. The molecule has 7 nitrogen and oxygen atoms in total. The second-order valence-corrected chi connectivity index (χ2v) is 10.2. The first-order valence-electron chi connectivity index (χ1n) is 10.6. The van der Waals surface area contributed by atoms with Gasteiger partial charge in [0.15, 0.2) is 0 Å². The summed E-state index contributed by atoms with van der Waals surface area (Å²) >= 11 is 0. The Morgan fingerprint density at radius 2 is 1.77 bits per heavy atom. The van der Waals surface area contributed by atoms with Gasteiger partial charge in [0.05, 0.1) is 11.2 Å². The lowest BCUT2D eigenvalue weighted by molar-refractivity contribution is -0.136. The highest BCUT2D eigenvalue weighted by Gasteiger charge is 2.51. The molecule has 2 heterocycles. The molecule has 0 aliphatic carbocycles. The molecule has 1 aromatic carbocycles. The van der Waals surface area contributed by atoms with Crippen molar-refractivity contribution in [1.82, 2.24) is 9.80 Å². The largest absolute Gasteiger partial charge is 0.494 e. The van der Waals surface area contributed by atoms with E-state index in [1.165, 1.54) is 11.0 Å². The molecule has 9 heteroatoms. The van der Waals surface area contributed by atoms with Crippen molar-refractivity contribution >= 4 is 24.6 Å². The third kappa shape index (κ3) is 5.21. The number of rotatable bonds is 3. The van der Waals surface area contributed by atoms with E-state index in [9.17, 15) is 14.0 Å². The Labute approximate surface area is 184 Å². The summed E-state index contributed by atoms with van der Waals surface area (Å²) in [5.41, 5.74) is -0.639. The van der Waals surface area contributed by atoms with Crippen molar-refractivity contribution in [1.29, 1.82) is 0 Å². The number of carbonyl (C=O) groups is 2. The Morgan fingerprint density at radius 3 is 2.29 bits per heavy atom. The topological polar surface area (TPSA) is 68.3 Å². The van der Waals surface area contributed by atoms with Crippen molar-refractivity contribution in [3.63, 3.8) is 0 Å².